The Bertz CT molecular complexity index is 511. The highest BCUT2D eigenvalue weighted by molar-refractivity contribution is 7.80. The molecule has 0 amide bonds. The van der Waals surface area contributed by atoms with Gasteiger partial charge in [0.1, 0.15) is 0 Å². The SMILES string of the molecule is C[C@@H](CNC(=S)Nc1ccccc1)c1ccccc1. The minimum atomic E-state index is 0.428. The van der Waals surface area contributed by atoms with Crippen LogP contribution < -0.4 is 10.6 Å². The number of benzene rings is 2. The van der Waals surface area contributed by atoms with Crippen molar-refractivity contribution < 1.29 is 0 Å². The van der Waals surface area contributed by atoms with E-state index in [0.717, 1.165) is 12.2 Å². The highest BCUT2D eigenvalue weighted by Gasteiger charge is 2.05. The molecule has 2 nitrogen and oxygen atoms in total. The fraction of sp³-hybridized carbons (Fsp3) is 0.188. The van der Waals surface area contributed by atoms with E-state index in [1.807, 2.05) is 36.4 Å². The van der Waals surface area contributed by atoms with Crippen LogP contribution in [-0.2, 0) is 0 Å². The number of thiocarbonyl (C=S) groups is 1. The lowest BCUT2D eigenvalue weighted by Crippen LogP contribution is -2.31. The standard InChI is InChI=1S/C16H18N2S/c1-13(14-8-4-2-5-9-14)12-17-16(19)18-15-10-6-3-7-11-15/h2-11,13H,12H2,1H3,(H2,17,18,19)/t13-/m0/s1. The summed E-state index contributed by atoms with van der Waals surface area (Å²) in [5.41, 5.74) is 2.32. The van der Waals surface area contributed by atoms with E-state index in [1.165, 1.54) is 5.56 Å². The van der Waals surface area contributed by atoms with Crippen LogP contribution in [0.3, 0.4) is 0 Å². The monoisotopic (exact) mass is 270 g/mol. The summed E-state index contributed by atoms with van der Waals surface area (Å²) in [4.78, 5) is 0. The molecule has 1 atom stereocenters. The quantitative estimate of drug-likeness (QED) is 0.827. The third-order valence-corrected chi connectivity index (χ3v) is 3.22. The molecule has 19 heavy (non-hydrogen) atoms. The molecule has 3 heteroatoms. The fourth-order valence-electron chi connectivity index (χ4n) is 1.84. The van der Waals surface area contributed by atoms with Crippen molar-refractivity contribution in [2.75, 3.05) is 11.9 Å². The first kappa shape index (κ1) is 13.6. The molecule has 0 saturated heterocycles. The van der Waals surface area contributed by atoms with Crippen molar-refractivity contribution in [3.8, 4) is 0 Å². The Hall–Kier alpha value is -1.87. The van der Waals surface area contributed by atoms with Crippen molar-refractivity contribution in [1.82, 2.24) is 5.32 Å². The van der Waals surface area contributed by atoms with Gasteiger partial charge in [-0.3, -0.25) is 0 Å². The van der Waals surface area contributed by atoms with E-state index < -0.39 is 0 Å². The average Bonchev–Trinajstić information content (AvgIpc) is 2.47. The van der Waals surface area contributed by atoms with Crippen LogP contribution in [-0.4, -0.2) is 11.7 Å². The van der Waals surface area contributed by atoms with E-state index in [9.17, 15) is 0 Å². The lowest BCUT2D eigenvalue weighted by molar-refractivity contribution is 0.723. The summed E-state index contributed by atoms with van der Waals surface area (Å²) in [6, 6.07) is 20.4. The predicted octanol–water partition coefficient (Wildman–Crippen LogP) is 3.78. The van der Waals surface area contributed by atoms with E-state index >= 15 is 0 Å². The molecule has 0 unspecified atom stereocenters. The molecular formula is C16H18N2S. The zero-order valence-corrected chi connectivity index (χ0v) is 11.8. The van der Waals surface area contributed by atoms with Crippen molar-refractivity contribution in [3.05, 3.63) is 66.2 Å². The van der Waals surface area contributed by atoms with Crippen LogP contribution in [0.2, 0.25) is 0 Å². The van der Waals surface area contributed by atoms with E-state index in [1.54, 1.807) is 0 Å². The van der Waals surface area contributed by atoms with Crippen LogP contribution in [0.15, 0.2) is 60.7 Å². The average molecular weight is 270 g/mol. The highest BCUT2D eigenvalue weighted by Crippen LogP contribution is 2.13. The minimum Gasteiger partial charge on any atom is -0.362 e. The summed E-state index contributed by atoms with van der Waals surface area (Å²) < 4.78 is 0. The van der Waals surface area contributed by atoms with Crippen molar-refractivity contribution >= 4 is 23.0 Å². The van der Waals surface area contributed by atoms with Gasteiger partial charge < -0.3 is 10.6 Å². The van der Waals surface area contributed by atoms with Gasteiger partial charge in [0.15, 0.2) is 5.11 Å². The molecule has 0 aliphatic heterocycles. The second-order valence-electron chi connectivity index (χ2n) is 4.51. The molecule has 2 rings (SSSR count). The molecule has 2 aromatic carbocycles. The Kier molecular flexibility index (Phi) is 4.93. The predicted molar refractivity (Wildman–Crippen MR) is 85.5 cm³/mol. The van der Waals surface area contributed by atoms with E-state index in [-0.39, 0.29) is 0 Å². The summed E-state index contributed by atoms with van der Waals surface area (Å²) in [6.45, 7) is 3.01. The lowest BCUT2D eigenvalue weighted by Gasteiger charge is -2.15. The van der Waals surface area contributed by atoms with Crippen LogP contribution in [0.1, 0.15) is 18.4 Å². The molecule has 0 fully saturated rings. The molecule has 0 aliphatic rings. The van der Waals surface area contributed by atoms with E-state index in [0.29, 0.717) is 11.0 Å². The van der Waals surface area contributed by atoms with Gasteiger partial charge in [0.25, 0.3) is 0 Å². The van der Waals surface area contributed by atoms with Crippen LogP contribution >= 0.6 is 12.2 Å². The smallest absolute Gasteiger partial charge is 0.170 e. The maximum Gasteiger partial charge on any atom is 0.170 e. The molecule has 0 radical (unpaired) electrons. The van der Waals surface area contributed by atoms with Crippen molar-refractivity contribution in [3.63, 3.8) is 0 Å². The number of anilines is 1. The first-order valence-electron chi connectivity index (χ1n) is 6.40. The molecule has 98 valence electrons. The number of rotatable bonds is 4. The molecule has 0 heterocycles. The Balaban J connectivity index is 1.81. The summed E-state index contributed by atoms with van der Waals surface area (Å²) in [5, 5.41) is 7.08. The first-order chi connectivity index (χ1) is 9.25. The number of para-hydroxylation sites is 1. The largest absolute Gasteiger partial charge is 0.362 e. The van der Waals surface area contributed by atoms with E-state index in [4.69, 9.17) is 12.2 Å². The molecule has 0 bridgehead atoms. The maximum atomic E-state index is 5.28. The number of nitrogens with one attached hydrogen (secondary N) is 2. The molecule has 0 aliphatic carbocycles. The van der Waals surface area contributed by atoms with E-state index in [2.05, 4.69) is 41.8 Å². The molecule has 2 N–H and O–H groups in total. The Morgan fingerprint density at radius 3 is 2.21 bits per heavy atom. The van der Waals surface area contributed by atoms with Crippen molar-refractivity contribution in [1.29, 1.82) is 0 Å². The van der Waals surface area contributed by atoms with Crippen LogP contribution in [0.25, 0.3) is 0 Å². The van der Waals surface area contributed by atoms with Crippen LogP contribution in [0.4, 0.5) is 5.69 Å². The molecule has 0 saturated carbocycles. The van der Waals surface area contributed by atoms with Crippen molar-refractivity contribution in [2.24, 2.45) is 0 Å². The van der Waals surface area contributed by atoms with Gasteiger partial charge >= 0.3 is 0 Å². The van der Waals surface area contributed by atoms with Crippen LogP contribution in [0, 0.1) is 0 Å². The van der Waals surface area contributed by atoms with Gasteiger partial charge in [-0.15, -0.1) is 0 Å². The first-order valence-corrected chi connectivity index (χ1v) is 6.81. The molecule has 2 aromatic rings. The van der Waals surface area contributed by atoms with Gasteiger partial charge in [0.2, 0.25) is 0 Å². The normalized spacial score (nSPS) is 11.6. The Morgan fingerprint density at radius 1 is 1.00 bits per heavy atom. The van der Waals surface area contributed by atoms with Crippen molar-refractivity contribution in [2.45, 2.75) is 12.8 Å². The van der Waals surface area contributed by atoms with Gasteiger partial charge in [-0.2, -0.15) is 0 Å². The maximum absolute atomic E-state index is 5.28. The second kappa shape index (κ2) is 6.90. The highest BCUT2D eigenvalue weighted by atomic mass is 32.1. The third-order valence-electron chi connectivity index (χ3n) is 2.97. The summed E-state index contributed by atoms with van der Waals surface area (Å²) in [7, 11) is 0. The van der Waals surface area contributed by atoms with Gasteiger partial charge in [-0.25, -0.2) is 0 Å². The summed E-state index contributed by atoms with van der Waals surface area (Å²) in [6.07, 6.45) is 0. The third kappa shape index (κ3) is 4.38. The zero-order valence-electron chi connectivity index (χ0n) is 11.0. The molecular weight excluding hydrogens is 252 g/mol. The summed E-state index contributed by atoms with van der Waals surface area (Å²) in [5.74, 6) is 0.428. The minimum absolute atomic E-state index is 0.428. The lowest BCUT2D eigenvalue weighted by atomic mass is 10.0. The summed E-state index contributed by atoms with van der Waals surface area (Å²) >= 11 is 5.28. The number of hydrogen-bond donors (Lipinski definition) is 2. The van der Waals surface area contributed by atoms with Gasteiger partial charge in [-0.1, -0.05) is 55.5 Å². The van der Waals surface area contributed by atoms with Gasteiger partial charge in [0, 0.05) is 12.2 Å². The Labute approximate surface area is 119 Å². The topological polar surface area (TPSA) is 24.1 Å². The van der Waals surface area contributed by atoms with Gasteiger partial charge in [-0.05, 0) is 35.8 Å². The second-order valence-corrected chi connectivity index (χ2v) is 4.92. The van der Waals surface area contributed by atoms with Gasteiger partial charge in [0.05, 0.1) is 0 Å². The fourth-order valence-corrected chi connectivity index (χ4v) is 2.04. The Morgan fingerprint density at radius 2 is 1.58 bits per heavy atom. The molecule has 0 aromatic heterocycles. The zero-order chi connectivity index (χ0) is 13.5. The number of hydrogen-bond acceptors (Lipinski definition) is 1. The van der Waals surface area contributed by atoms with Crippen LogP contribution in [0.5, 0.6) is 0 Å². The molecule has 0 spiro atoms.